The number of aromatic nitrogens is 1. The number of pyridine rings is 1. The van der Waals surface area contributed by atoms with Crippen molar-refractivity contribution in [1.82, 2.24) is 10.3 Å². The van der Waals surface area contributed by atoms with Crippen LogP contribution in [0.4, 0.5) is 5.69 Å². The Labute approximate surface area is 181 Å². The van der Waals surface area contributed by atoms with Gasteiger partial charge in [-0.2, -0.15) is 0 Å². The molecule has 3 aromatic rings. The van der Waals surface area contributed by atoms with E-state index in [1.54, 1.807) is 11.1 Å². The monoisotopic (exact) mass is 415 g/mol. The maximum atomic E-state index is 12.8. The Morgan fingerprint density at radius 1 is 1.13 bits per heavy atom. The predicted octanol–water partition coefficient (Wildman–Crippen LogP) is 3.89. The van der Waals surface area contributed by atoms with Crippen molar-refractivity contribution in [3.05, 3.63) is 90.3 Å². The lowest BCUT2D eigenvalue weighted by Crippen LogP contribution is -2.34. The summed E-state index contributed by atoms with van der Waals surface area (Å²) in [5.41, 5.74) is 2.62. The molecule has 6 heteroatoms. The first-order chi connectivity index (χ1) is 15.1. The molecule has 2 atom stereocenters. The summed E-state index contributed by atoms with van der Waals surface area (Å²) in [6.45, 7) is 2.71. The molecule has 4 rings (SSSR count). The van der Waals surface area contributed by atoms with E-state index in [-0.39, 0.29) is 30.2 Å². The van der Waals surface area contributed by atoms with E-state index in [0.29, 0.717) is 13.2 Å². The Balaban J connectivity index is 1.35. The number of ether oxygens (including phenoxy) is 1. The summed E-state index contributed by atoms with van der Waals surface area (Å²) in [5.74, 6) is 0.220. The predicted molar refractivity (Wildman–Crippen MR) is 118 cm³/mol. The zero-order chi connectivity index (χ0) is 21.6. The fraction of sp³-hybridized carbons (Fsp3) is 0.240. The molecule has 1 fully saturated rings. The van der Waals surface area contributed by atoms with Gasteiger partial charge in [-0.1, -0.05) is 36.4 Å². The highest BCUT2D eigenvalue weighted by Gasteiger charge is 2.35. The molecule has 0 aliphatic carbocycles. The van der Waals surface area contributed by atoms with Crippen LogP contribution in [-0.4, -0.2) is 23.3 Å². The van der Waals surface area contributed by atoms with Crippen molar-refractivity contribution in [3.63, 3.8) is 0 Å². The third kappa shape index (κ3) is 5.09. The largest absolute Gasteiger partial charge is 0.487 e. The first-order valence-electron chi connectivity index (χ1n) is 10.4. The number of hydrogen-bond donors (Lipinski definition) is 1. The highest BCUT2D eigenvalue weighted by molar-refractivity contribution is 6.00. The van der Waals surface area contributed by atoms with Crippen molar-refractivity contribution in [2.24, 2.45) is 5.92 Å². The van der Waals surface area contributed by atoms with Crippen molar-refractivity contribution in [2.75, 3.05) is 11.4 Å². The van der Waals surface area contributed by atoms with E-state index in [1.807, 2.05) is 79.7 Å². The van der Waals surface area contributed by atoms with E-state index in [2.05, 4.69) is 10.3 Å². The van der Waals surface area contributed by atoms with E-state index in [4.69, 9.17) is 4.74 Å². The van der Waals surface area contributed by atoms with Crippen LogP contribution in [0.5, 0.6) is 5.75 Å². The smallest absolute Gasteiger partial charge is 0.227 e. The van der Waals surface area contributed by atoms with Crippen LogP contribution in [0.1, 0.15) is 30.6 Å². The number of nitrogens with zero attached hydrogens (tertiary/aromatic N) is 2. The van der Waals surface area contributed by atoms with Gasteiger partial charge in [0.1, 0.15) is 12.4 Å². The second kappa shape index (κ2) is 9.43. The molecular weight excluding hydrogens is 390 g/mol. The molecule has 1 aromatic heterocycles. The average molecular weight is 415 g/mol. The SMILES string of the molecule is CC(NC(=O)C1CC(=O)N(c2ccccc2)C1)c1cccc(OCc2ccccn2)c1. The number of hydrogen-bond acceptors (Lipinski definition) is 4. The fourth-order valence-corrected chi connectivity index (χ4v) is 3.67. The molecule has 158 valence electrons. The van der Waals surface area contributed by atoms with E-state index < -0.39 is 0 Å². The number of carbonyl (C=O) groups excluding carboxylic acids is 2. The molecule has 2 unspecified atom stereocenters. The Bertz CT molecular complexity index is 1040. The molecule has 0 radical (unpaired) electrons. The second-order valence-corrected chi connectivity index (χ2v) is 7.65. The number of benzene rings is 2. The van der Waals surface area contributed by atoms with Crippen molar-refractivity contribution < 1.29 is 14.3 Å². The van der Waals surface area contributed by atoms with Crippen LogP contribution in [0.3, 0.4) is 0 Å². The molecule has 2 amide bonds. The van der Waals surface area contributed by atoms with Gasteiger partial charge in [0, 0.05) is 24.8 Å². The van der Waals surface area contributed by atoms with Crippen LogP contribution < -0.4 is 15.0 Å². The van der Waals surface area contributed by atoms with E-state index >= 15 is 0 Å². The quantitative estimate of drug-likeness (QED) is 0.636. The number of carbonyl (C=O) groups is 2. The normalized spacial score (nSPS) is 16.7. The summed E-state index contributed by atoms with van der Waals surface area (Å²) in [7, 11) is 0. The zero-order valence-electron chi connectivity index (χ0n) is 17.4. The summed E-state index contributed by atoms with van der Waals surface area (Å²) in [6, 6.07) is 22.6. The molecule has 1 aliphatic rings. The van der Waals surface area contributed by atoms with Crippen LogP contribution in [0.15, 0.2) is 79.0 Å². The van der Waals surface area contributed by atoms with Crippen LogP contribution >= 0.6 is 0 Å². The lowest BCUT2D eigenvalue weighted by atomic mass is 10.0. The van der Waals surface area contributed by atoms with Gasteiger partial charge >= 0.3 is 0 Å². The molecule has 1 N–H and O–H groups in total. The zero-order valence-corrected chi connectivity index (χ0v) is 17.4. The molecule has 2 heterocycles. The summed E-state index contributed by atoms with van der Waals surface area (Å²) < 4.78 is 5.84. The van der Waals surface area contributed by atoms with Gasteiger partial charge in [-0.15, -0.1) is 0 Å². The summed E-state index contributed by atoms with van der Waals surface area (Å²) in [4.78, 5) is 31.2. The molecular formula is C25H25N3O3. The Morgan fingerprint density at radius 3 is 2.71 bits per heavy atom. The minimum Gasteiger partial charge on any atom is -0.487 e. The van der Waals surface area contributed by atoms with E-state index in [9.17, 15) is 9.59 Å². The number of rotatable bonds is 7. The van der Waals surface area contributed by atoms with E-state index in [1.165, 1.54) is 0 Å². The Morgan fingerprint density at radius 2 is 1.94 bits per heavy atom. The molecule has 6 nitrogen and oxygen atoms in total. The van der Waals surface area contributed by atoms with Crippen LogP contribution in [-0.2, 0) is 16.2 Å². The van der Waals surface area contributed by atoms with Crippen molar-refractivity contribution in [1.29, 1.82) is 0 Å². The topological polar surface area (TPSA) is 71.5 Å². The third-order valence-electron chi connectivity index (χ3n) is 5.39. The van der Waals surface area contributed by atoms with Gasteiger partial charge in [0.25, 0.3) is 0 Å². The van der Waals surface area contributed by atoms with Crippen molar-refractivity contribution >= 4 is 17.5 Å². The minimum absolute atomic E-state index is 0.0241. The maximum Gasteiger partial charge on any atom is 0.227 e. The Hall–Kier alpha value is -3.67. The van der Waals surface area contributed by atoms with Gasteiger partial charge in [-0.3, -0.25) is 14.6 Å². The molecule has 1 saturated heterocycles. The number of amides is 2. The van der Waals surface area contributed by atoms with Gasteiger partial charge in [0.05, 0.1) is 17.7 Å². The van der Waals surface area contributed by atoms with Crippen molar-refractivity contribution in [3.8, 4) is 5.75 Å². The minimum atomic E-state index is -0.362. The lowest BCUT2D eigenvalue weighted by molar-refractivity contribution is -0.126. The maximum absolute atomic E-state index is 12.8. The fourth-order valence-electron chi connectivity index (χ4n) is 3.67. The van der Waals surface area contributed by atoms with Crippen LogP contribution in [0.2, 0.25) is 0 Å². The van der Waals surface area contributed by atoms with Crippen LogP contribution in [0.25, 0.3) is 0 Å². The highest BCUT2D eigenvalue weighted by atomic mass is 16.5. The first-order valence-corrected chi connectivity index (χ1v) is 10.4. The second-order valence-electron chi connectivity index (χ2n) is 7.65. The molecule has 0 bridgehead atoms. The highest BCUT2D eigenvalue weighted by Crippen LogP contribution is 2.26. The lowest BCUT2D eigenvalue weighted by Gasteiger charge is -2.19. The third-order valence-corrected chi connectivity index (χ3v) is 5.39. The molecule has 1 aliphatic heterocycles. The summed E-state index contributed by atoms with van der Waals surface area (Å²) >= 11 is 0. The molecule has 31 heavy (non-hydrogen) atoms. The number of anilines is 1. The molecule has 0 spiro atoms. The van der Waals surface area contributed by atoms with Gasteiger partial charge < -0.3 is 15.0 Å². The standard InChI is InChI=1S/C25H25N3O3/c1-18(19-8-7-12-23(14-19)31-17-21-9-5-6-13-26-21)27-25(30)20-15-24(29)28(16-20)22-10-3-2-4-11-22/h2-14,18,20H,15-17H2,1H3,(H,27,30). The summed E-state index contributed by atoms with van der Waals surface area (Å²) in [6.07, 6.45) is 1.96. The summed E-state index contributed by atoms with van der Waals surface area (Å²) in [5, 5.41) is 3.05. The van der Waals surface area contributed by atoms with Gasteiger partial charge in [0.2, 0.25) is 11.8 Å². The first kappa shape index (κ1) is 20.6. The Kier molecular flexibility index (Phi) is 6.26. The molecule has 0 saturated carbocycles. The van der Waals surface area contributed by atoms with Crippen molar-refractivity contribution in [2.45, 2.75) is 26.0 Å². The van der Waals surface area contributed by atoms with Gasteiger partial charge in [-0.05, 0) is 48.9 Å². The van der Waals surface area contributed by atoms with Crippen LogP contribution in [0, 0.1) is 5.92 Å². The number of para-hydroxylation sites is 1. The number of nitrogens with one attached hydrogen (secondary N) is 1. The average Bonchev–Trinajstić information content (AvgIpc) is 3.21. The van der Waals surface area contributed by atoms with Gasteiger partial charge in [-0.25, -0.2) is 0 Å². The van der Waals surface area contributed by atoms with E-state index in [0.717, 1.165) is 22.7 Å². The molecule has 2 aromatic carbocycles. The van der Waals surface area contributed by atoms with Gasteiger partial charge in [0.15, 0.2) is 0 Å².